The van der Waals surface area contributed by atoms with E-state index >= 15 is 0 Å². The molecule has 1 aliphatic heterocycles. The van der Waals surface area contributed by atoms with Crippen LogP contribution in [0.5, 0.6) is 0 Å². The van der Waals surface area contributed by atoms with Gasteiger partial charge in [-0.15, -0.1) is 0 Å². The quantitative estimate of drug-likeness (QED) is 0.722. The van der Waals surface area contributed by atoms with E-state index in [0.717, 1.165) is 18.5 Å². The van der Waals surface area contributed by atoms with E-state index in [9.17, 15) is 9.59 Å². The van der Waals surface area contributed by atoms with Gasteiger partial charge in [0.1, 0.15) is 6.54 Å². The van der Waals surface area contributed by atoms with E-state index in [2.05, 4.69) is 9.97 Å². The molecule has 0 aliphatic carbocycles. The number of aromatic nitrogens is 3. The van der Waals surface area contributed by atoms with Crippen LogP contribution in [-0.2, 0) is 17.8 Å². The first-order valence-corrected chi connectivity index (χ1v) is 7.91. The highest BCUT2D eigenvalue weighted by Crippen LogP contribution is 2.26. The molecule has 3 heterocycles. The van der Waals surface area contributed by atoms with Gasteiger partial charge in [-0.25, -0.2) is 4.98 Å². The molecule has 0 bridgehead atoms. The van der Waals surface area contributed by atoms with Gasteiger partial charge in [0, 0.05) is 18.4 Å². The summed E-state index contributed by atoms with van der Waals surface area (Å²) >= 11 is 0. The topological polar surface area (TPSA) is 68.1 Å². The van der Waals surface area contributed by atoms with Gasteiger partial charge in [0.15, 0.2) is 0 Å². The van der Waals surface area contributed by atoms with Crippen LogP contribution in [0.2, 0.25) is 0 Å². The van der Waals surface area contributed by atoms with Crippen molar-refractivity contribution in [1.29, 1.82) is 0 Å². The molecule has 1 amide bonds. The number of aryl methyl sites for hydroxylation is 1. The summed E-state index contributed by atoms with van der Waals surface area (Å²) in [6, 6.07) is 9.55. The zero-order valence-electron chi connectivity index (χ0n) is 13.1. The molecule has 1 aliphatic rings. The minimum Gasteiger partial charge on any atom is -0.311 e. The van der Waals surface area contributed by atoms with Crippen LogP contribution in [0.25, 0.3) is 10.9 Å². The summed E-state index contributed by atoms with van der Waals surface area (Å²) in [5.41, 5.74) is 2.43. The molecule has 0 fully saturated rings. The lowest BCUT2D eigenvalue weighted by atomic mass is 10.0. The van der Waals surface area contributed by atoms with E-state index < -0.39 is 0 Å². The van der Waals surface area contributed by atoms with Gasteiger partial charge in [-0.2, -0.15) is 0 Å². The van der Waals surface area contributed by atoms with Crippen molar-refractivity contribution in [3.63, 3.8) is 0 Å². The van der Waals surface area contributed by atoms with Crippen molar-refractivity contribution in [2.24, 2.45) is 0 Å². The largest absolute Gasteiger partial charge is 0.311 e. The third kappa shape index (κ3) is 2.46. The third-order valence-electron chi connectivity index (χ3n) is 4.34. The molecule has 0 saturated carbocycles. The Morgan fingerprint density at radius 3 is 3.00 bits per heavy atom. The number of carbonyl (C=O) groups excluding carboxylic acids is 1. The van der Waals surface area contributed by atoms with Crippen molar-refractivity contribution in [3.05, 3.63) is 65.0 Å². The summed E-state index contributed by atoms with van der Waals surface area (Å²) in [7, 11) is 0. The third-order valence-corrected chi connectivity index (χ3v) is 4.34. The van der Waals surface area contributed by atoms with Crippen molar-refractivity contribution in [1.82, 2.24) is 14.5 Å². The maximum atomic E-state index is 12.7. The minimum atomic E-state index is -0.221. The van der Waals surface area contributed by atoms with Crippen LogP contribution >= 0.6 is 0 Å². The van der Waals surface area contributed by atoms with Crippen molar-refractivity contribution in [2.45, 2.75) is 19.4 Å². The zero-order chi connectivity index (χ0) is 16.5. The second-order valence-corrected chi connectivity index (χ2v) is 5.85. The molecular weight excluding hydrogens is 304 g/mol. The second kappa shape index (κ2) is 5.88. The summed E-state index contributed by atoms with van der Waals surface area (Å²) in [6.45, 7) is 0.661. The van der Waals surface area contributed by atoms with E-state index in [1.807, 2.05) is 24.3 Å². The molecule has 3 aromatic rings. The van der Waals surface area contributed by atoms with Gasteiger partial charge in [0.2, 0.25) is 5.91 Å². The lowest BCUT2D eigenvalue weighted by Gasteiger charge is -2.29. The number of rotatable bonds is 2. The van der Waals surface area contributed by atoms with Crippen LogP contribution in [0.3, 0.4) is 0 Å². The fraction of sp³-hybridized carbons (Fsp3) is 0.222. The first-order chi connectivity index (χ1) is 11.7. The van der Waals surface area contributed by atoms with Crippen LogP contribution in [0.4, 0.5) is 5.69 Å². The lowest BCUT2D eigenvalue weighted by molar-refractivity contribution is -0.119. The Balaban J connectivity index is 1.66. The van der Waals surface area contributed by atoms with Crippen molar-refractivity contribution in [2.75, 3.05) is 11.4 Å². The van der Waals surface area contributed by atoms with Crippen molar-refractivity contribution < 1.29 is 4.79 Å². The highest BCUT2D eigenvalue weighted by Gasteiger charge is 2.22. The molecule has 2 aromatic heterocycles. The summed E-state index contributed by atoms with van der Waals surface area (Å²) in [4.78, 5) is 35.2. The highest BCUT2D eigenvalue weighted by molar-refractivity contribution is 5.94. The standard InChI is InChI=1S/C18H16N4O2/c23-17(22-9-3-5-13-4-1-2-6-16(13)22)11-21-12-20-15-10-19-8-7-14(15)18(21)24/h1-2,4,6-8,10,12H,3,5,9,11H2. The van der Waals surface area contributed by atoms with Crippen LogP contribution in [0.1, 0.15) is 12.0 Å². The van der Waals surface area contributed by atoms with E-state index in [1.165, 1.54) is 16.5 Å². The predicted octanol–water partition coefficient (Wildman–Crippen LogP) is 1.77. The molecule has 0 saturated heterocycles. The zero-order valence-corrected chi connectivity index (χ0v) is 13.1. The molecule has 0 spiro atoms. The molecule has 0 radical (unpaired) electrons. The van der Waals surface area contributed by atoms with Gasteiger partial charge in [-0.3, -0.25) is 19.1 Å². The maximum Gasteiger partial charge on any atom is 0.261 e. The number of nitrogens with zero attached hydrogens (tertiary/aromatic N) is 4. The number of carbonyl (C=O) groups is 1. The molecule has 0 unspecified atom stereocenters. The molecule has 1 aromatic carbocycles. The number of pyridine rings is 1. The van der Waals surface area contributed by atoms with Gasteiger partial charge in [-0.05, 0) is 30.5 Å². The minimum absolute atomic E-state index is 0.0154. The van der Waals surface area contributed by atoms with Gasteiger partial charge in [0.25, 0.3) is 5.56 Å². The summed E-state index contributed by atoms with van der Waals surface area (Å²) in [6.07, 6.45) is 6.42. The molecule has 0 N–H and O–H groups in total. The van der Waals surface area contributed by atoms with E-state index in [4.69, 9.17) is 0 Å². The average Bonchev–Trinajstić information content (AvgIpc) is 2.63. The van der Waals surface area contributed by atoms with Gasteiger partial charge < -0.3 is 4.90 Å². The van der Waals surface area contributed by atoms with Gasteiger partial charge in [0.05, 0.1) is 23.4 Å². The first kappa shape index (κ1) is 14.6. The molecule has 120 valence electrons. The Bertz CT molecular complexity index is 980. The van der Waals surface area contributed by atoms with Crippen LogP contribution < -0.4 is 10.5 Å². The highest BCUT2D eigenvalue weighted by atomic mass is 16.2. The molecule has 24 heavy (non-hydrogen) atoms. The van der Waals surface area contributed by atoms with Crippen molar-refractivity contribution >= 4 is 22.5 Å². The van der Waals surface area contributed by atoms with E-state index in [0.29, 0.717) is 17.4 Å². The number of anilines is 1. The fourth-order valence-corrected chi connectivity index (χ4v) is 3.15. The molecule has 4 rings (SSSR count). The second-order valence-electron chi connectivity index (χ2n) is 5.85. The number of fused-ring (bicyclic) bond motifs is 2. The van der Waals surface area contributed by atoms with E-state index in [1.54, 1.807) is 23.4 Å². The number of hydrogen-bond donors (Lipinski definition) is 0. The molecule has 6 heteroatoms. The van der Waals surface area contributed by atoms with Crippen LogP contribution in [0.15, 0.2) is 53.8 Å². The van der Waals surface area contributed by atoms with Crippen molar-refractivity contribution in [3.8, 4) is 0 Å². The Kier molecular flexibility index (Phi) is 3.57. The molecular formula is C18H16N4O2. The Labute approximate surface area is 138 Å². The predicted molar refractivity (Wildman–Crippen MR) is 90.9 cm³/mol. The number of hydrogen-bond acceptors (Lipinski definition) is 4. The molecule has 6 nitrogen and oxygen atoms in total. The number of amides is 1. The SMILES string of the molecule is O=C(Cn1cnc2cnccc2c1=O)N1CCCc2ccccc21. The van der Waals surface area contributed by atoms with Crippen LogP contribution in [-0.4, -0.2) is 27.0 Å². The van der Waals surface area contributed by atoms with Crippen LogP contribution in [0, 0.1) is 0 Å². The lowest BCUT2D eigenvalue weighted by Crippen LogP contribution is -2.39. The average molecular weight is 320 g/mol. The van der Waals surface area contributed by atoms with Gasteiger partial charge in [-0.1, -0.05) is 18.2 Å². The Hall–Kier alpha value is -3.02. The first-order valence-electron chi connectivity index (χ1n) is 7.91. The Morgan fingerprint density at radius 1 is 1.21 bits per heavy atom. The van der Waals surface area contributed by atoms with Gasteiger partial charge >= 0.3 is 0 Å². The number of para-hydroxylation sites is 1. The summed E-state index contributed by atoms with van der Waals surface area (Å²) in [5, 5.41) is 0.472. The smallest absolute Gasteiger partial charge is 0.261 e. The summed E-state index contributed by atoms with van der Waals surface area (Å²) < 4.78 is 1.36. The monoisotopic (exact) mass is 320 g/mol. The maximum absolute atomic E-state index is 12.7. The Morgan fingerprint density at radius 2 is 2.08 bits per heavy atom. The summed E-state index contributed by atoms with van der Waals surface area (Å²) in [5.74, 6) is -0.0977. The van der Waals surface area contributed by atoms with E-state index in [-0.39, 0.29) is 18.0 Å². The normalized spacial score (nSPS) is 13.8. The fourth-order valence-electron chi connectivity index (χ4n) is 3.15. The number of benzene rings is 1. The molecule has 0 atom stereocenters.